The van der Waals surface area contributed by atoms with Gasteiger partial charge in [-0.15, -0.1) is 11.3 Å². The molecule has 1 aromatic heterocycles. The Balaban J connectivity index is 1.61. The second kappa shape index (κ2) is 6.66. The molecule has 1 atom stereocenters. The number of hydrogen-bond donors (Lipinski definition) is 1. The summed E-state index contributed by atoms with van der Waals surface area (Å²) in [5.41, 5.74) is 6.74. The second-order valence-corrected chi connectivity index (χ2v) is 9.55. The molecule has 4 nitrogen and oxygen atoms in total. The molecular formula is C14H19Br2N3OS. The Hall–Kier alpha value is 0.0500. The molecule has 1 aromatic rings. The summed E-state index contributed by atoms with van der Waals surface area (Å²) in [4.78, 5) is 17.1. The summed E-state index contributed by atoms with van der Waals surface area (Å²) < 4.78 is 1.89. The van der Waals surface area contributed by atoms with E-state index in [1.807, 2.05) is 11.0 Å². The summed E-state index contributed by atoms with van der Waals surface area (Å²) >= 11 is 8.46. The molecule has 116 valence electrons. The summed E-state index contributed by atoms with van der Waals surface area (Å²) in [7, 11) is 0. The number of halogens is 2. The van der Waals surface area contributed by atoms with Crippen LogP contribution in [0.1, 0.15) is 29.6 Å². The van der Waals surface area contributed by atoms with Crippen LogP contribution in [0.5, 0.6) is 0 Å². The lowest BCUT2D eigenvalue weighted by molar-refractivity contribution is 0.0769. The van der Waals surface area contributed by atoms with Gasteiger partial charge in [0.1, 0.15) is 0 Å². The Labute approximate surface area is 145 Å². The molecule has 1 amide bonds. The van der Waals surface area contributed by atoms with Crippen molar-refractivity contribution < 1.29 is 4.79 Å². The minimum absolute atomic E-state index is 0.139. The number of rotatable bonds is 2. The van der Waals surface area contributed by atoms with E-state index >= 15 is 0 Å². The first kappa shape index (κ1) is 15.9. The molecular weight excluding hydrogens is 418 g/mol. The van der Waals surface area contributed by atoms with Crippen molar-refractivity contribution in [1.29, 1.82) is 0 Å². The first-order chi connectivity index (χ1) is 10.0. The fourth-order valence-corrected chi connectivity index (χ4v) is 5.94. The molecule has 2 saturated heterocycles. The maximum absolute atomic E-state index is 12.6. The number of amides is 1. The average Bonchev–Trinajstić information content (AvgIpc) is 3.06. The van der Waals surface area contributed by atoms with Crippen molar-refractivity contribution in [3.63, 3.8) is 0 Å². The van der Waals surface area contributed by atoms with Crippen LogP contribution in [-0.4, -0.2) is 54.0 Å². The van der Waals surface area contributed by atoms with Gasteiger partial charge in [0.15, 0.2) is 0 Å². The quantitative estimate of drug-likeness (QED) is 0.775. The molecule has 0 spiro atoms. The molecule has 3 heterocycles. The molecule has 0 aromatic carbocycles. The van der Waals surface area contributed by atoms with Crippen LogP contribution >= 0.6 is 43.2 Å². The smallest absolute Gasteiger partial charge is 0.255 e. The molecule has 2 fully saturated rings. The van der Waals surface area contributed by atoms with E-state index in [1.165, 1.54) is 0 Å². The summed E-state index contributed by atoms with van der Waals surface area (Å²) in [5.74, 6) is 0.139. The van der Waals surface area contributed by atoms with E-state index in [4.69, 9.17) is 5.73 Å². The highest BCUT2D eigenvalue weighted by molar-refractivity contribution is 9.12. The van der Waals surface area contributed by atoms with Gasteiger partial charge in [-0.1, -0.05) is 0 Å². The first-order valence-corrected chi connectivity index (χ1v) is 9.68. The van der Waals surface area contributed by atoms with E-state index in [0.717, 1.165) is 58.6 Å². The van der Waals surface area contributed by atoms with Crippen molar-refractivity contribution in [3.8, 4) is 0 Å². The molecule has 1 unspecified atom stereocenters. The molecule has 0 aliphatic carbocycles. The van der Waals surface area contributed by atoms with Crippen molar-refractivity contribution in [2.45, 2.75) is 31.3 Å². The number of carbonyl (C=O) groups is 1. The fourth-order valence-electron chi connectivity index (χ4n) is 3.17. The Morgan fingerprint density at radius 1 is 1.24 bits per heavy atom. The van der Waals surface area contributed by atoms with E-state index in [0.29, 0.717) is 12.1 Å². The molecule has 21 heavy (non-hydrogen) atoms. The number of hydrogen-bond acceptors (Lipinski definition) is 4. The van der Waals surface area contributed by atoms with Crippen molar-refractivity contribution in [2.75, 3.05) is 26.2 Å². The lowest BCUT2D eigenvalue weighted by Crippen LogP contribution is -2.46. The SMILES string of the molecule is NC1CCN(C2CCN(C(=O)c3cc(Br)sc3Br)C2)CC1. The van der Waals surface area contributed by atoms with E-state index in [-0.39, 0.29) is 5.91 Å². The van der Waals surface area contributed by atoms with Gasteiger partial charge in [0.05, 0.1) is 13.1 Å². The summed E-state index contributed by atoms with van der Waals surface area (Å²) in [5, 5.41) is 0. The van der Waals surface area contributed by atoms with Gasteiger partial charge in [-0.3, -0.25) is 9.69 Å². The molecule has 3 rings (SSSR count). The summed E-state index contributed by atoms with van der Waals surface area (Å²) in [6, 6.07) is 2.77. The van der Waals surface area contributed by atoms with Gasteiger partial charge in [0.2, 0.25) is 0 Å². The Morgan fingerprint density at radius 3 is 2.57 bits per heavy atom. The van der Waals surface area contributed by atoms with Crippen LogP contribution in [0.2, 0.25) is 0 Å². The number of likely N-dealkylation sites (tertiary alicyclic amines) is 2. The maximum atomic E-state index is 12.6. The van der Waals surface area contributed by atoms with Crippen molar-refractivity contribution >= 4 is 49.1 Å². The topological polar surface area (TPSA) is 49.6 Å². The zero-order valence-electron chi connectivity index (χ0n) is 11.7. The van der Waals surface area contributed by atoms with Crippen molar-refractivity contribution in [3.05, 3.63) is 19.2 Å². The highest BCUT2D eigenvalue weighted by Gasteiger charge is 2.33. The first-order valence-electron chi connectivity index (χ1n) is 7.28. The number of nitrogens with zero attached hydrogens (tertiary/aromatic N) is 2. The van der Waals surface area contributed by atoms with E-state index in [1.54, 1.807) is 11.3 Å². The maximum Gasteiger partial charge on any atom is 0.255 e. The van der Waals surface area contributed by atoms with Gasteiger partial charge in [0.25, 0.3) is 5.91 Å². The van der Waals surface area contributed by atoms with Crippen LogP contribution in [0.4, 0.5) is 0 Å². The molecule has 0 bridgehead atoms. The standard InChI is InChI=1S/C14H19Br2N3OS/c15-12-7-11(13(16)21-12)14(20)19-6-3-10(8-19)18-4-1-9(17)2-5-18/h7,9-10H,1-6,8,17H2. The largest absolute Gasteiger partial charge is 0.337 e. The Bertz CT molecular complexity index is 528. The van der Waals surface area contributed by atoms with Crippen molar-refractivity contribution in [2.24, 2.45) is 5.73 Å². The van der Waals surface area contributed by atoms with Crippen LogP contribution in [0.25, 0.3) is 0 Å². The average molecular weight is 437 g/mol. The van der Waals surface area contributed by atoms with Crippen LogP contribution < -0.4 is 5.73 Å². The number of nitrogens with two attached hydrogens (primary N) is 1. The Kier molecular flexibility index (Phi) is 5.05. The zero-order chi connectivity index (χ0) is 15.0. The molecule has 0 radical (unpaired) electrons. The summed E-state index contributed by atoms with van der Waals surface area (Å²) in [6.45, 7) is 3.84. The normalized spacial score (nSPS) is 24.7. The van der Waals surface area contributed by atoms with Gasteiger partial charge in [-0.05, 0) is 70.3 Å². The van der Waals surface area contributed by atoms with Gasteiger partial charge >= 0.3 is 0 Å². The molecule has 7 heteroatoms. The second-order valence-electron chi connectivity index (χ2n) is 5.80. The molecule has 2 N–H and O–H groups in total. The monoisotopic (exact) mass is 435 g/mol. The highest BCUT2D eigenvalue weighted by Crippen LogP contribution is 2.33. The van der Waals surface area contributed by atoms with Gasteiger partial charge < -0.3 is 10.6 Å². The van der Waals surface area contributed by atoms with E-state index < -0.39 is 0 Å². The predicted octanol–water partition coefficient (Wildman–Crippen LogP) is 2.91. The van der Waals surface area contributed by atoms with Gasteiger partial charge in [-0.25, -0.2) is 0 Å². The number of piperidine rings is 1. The zero-order valence-corrected chi connectivity index (χ0v) is 15.7. The third-order valence-electron chi connectivity index (χ3n) is 4.43. The minimum atomic E-state index is 0.139. The van der Waals surface area contributed by atoms with Gasteiger partial charge in [-0.2, -0.15) is 0 Å². The predicted molar refractivity (Wildman–Crippen MR) is 92.8 cm³/mol. The van der Waals surface area contributed by atoms with Gasteiger partial charge in [0, 0.05) is 25.2 Å². The lowest BCUT2D eigenvalue weighted by atomic mass is 10.0. The number of carbonyl (C=O) groups excluding carboxylic acids is 1. The Morgan fingerprint density at radius 2 is 1.95 bits per heavy atom. The molecule has 0 saturated carbocycles. The van der Waals surface area contributed by atoms with Crippen molar-refractivity contribution in [1.82, 2.24) is 9.80 Å². The van der Waals surface area contributed by atoms with E-state index in [2.05, 4.69) is 36.8 Å². The van der Waals surface area contributed by atoms with Crippen LogP contribution in [0.15, 0.2) is 13.6 Å². The minimum Gasteiger partial charge on any atom is -0.337 e. The molecule has 2 aliphatic heterocycles. The highest BCUT2D eigenvalue weighted by atomic mass is 79.9. The third kappa shape index (κ3) is 3.52. The van der Waals surface area contributed by atoms with Crippen LogP contribution in [0.3, 0.4) is 0 Å². The summed E-state index contributed by atoms with van der Waals surface area (Å²) in [6.07, 6.45) is 3.23. The van der Waals surface area contributed by atoms with Crippen LogP contribution in [0, 0.1) is 0 Å². The fraction of sp³-hybridized carbons (Fsp3) is 0.643. The van der Waals surface area contributed by atoms with Crippen LogP contribution in [-0.2, 0) is 0 Å². The number of thiophene rings is 1. The third-order valence-corrected chi connectivity index (χ3v) is 6.77. The molecule has 2 aliphatic rings. The van der Waals surface area contributed by atoms with E-state index in [9.17, 15) is 4.79 Å². The lowest BCUT2D eigenvalue weighted by Gasteiger charge is -2.34.